The molecule has 0 aliphatic carbocycles. The van der Waals surface area contributed by atoms with E-state index in [1.54, 1.807) is 12.1 Å². The second-order valence-corrected chi connectivity index (χ2v) is 7.31. The van der Waals surface area contributed by atoms with Crippen molar-refractivity contribution >= 4 is 22.8 Å². The number of aryl methyl sites for hydroxylation is 1. The maximum absolute atomic E-state index is 13.1. The molecule has 0 amide bonds. The summed E-state index contributed by atoms with van der Waals surface area (Å²) in [5, 5.41) is 6.29. The summed E-state index contributed by atoms with van der Waals surface area (Å²) in [6.45, 7) is 10.6. The molecular weight excluding hydrogens is 348 g/mol. The van der Waals surface area contributed by atoms with Crippen molar-refractivity contribution in [1.82, 2.24) is 18.7 Å². The first-order valence-electron chi connectivity index (χ1n) is 9.44. The van der Waals surface area contributed by atoms with Crippen molar-refractivity contribution in [3.63, 3.8) is 0 Å². The van der Waals surface area contributed by atoms with Gasteiger partial charge >= 0.3 is 5.69 Å². The number of hydrazone groups is 1. The Morgan fingerprint density at radius 3 is 2.63 bits per heavy atom. The molecule has 0 unspecified atom stereocenters. The summed E-state index contributed by atoms with van der Waals surface area (Å²) in [5.74, 6) is 0.976. The Kier molecular flexibility index (Phi) is 5.50. The highest BCUT2D eigenvalue weighted by molar-refractivity contribution is 5.87. The number of fused-ring (bicyclic) bond motifs is 3. The molecule has 0 N–H and O–H groups in total. The van der Waals surface area contributed by atoms with E-state index < -0.39 is 0 Å². The number of imidazole rings is 1. The van der Waals surface area contributed by atoms with Gasteiger partial charge in [0.1, 0.15) is 0 Å². The molecule has 3 rings (SSSR count). The van der Waals surface area contributed by atoms with Crippen LogP contribution in [0.2, 0.25) is 0 Å². The number of nitrogens with zero attached hydrogens (tertiary/aromatic N) is 6. The lowest BCUT2D eigenvalue weighted by atomic mass is 10.1. The van der Waals surface area contributed by atoms with Crippen molar-refractivity contribution in [2.24, 2.45) is 18.1 Å². The molecule has 1 aliphatic rings. The van der Waals surface area contributed by atoms with Crippen molar-refractivity contribution in [2.75, 3.05) is 24.8 Å². The molecule has 148 valence electrons. The predicted octanol–water partition coefficient (Wildman–Crippen LogP) is 1.18. The number of hydrogen-bond acceptors (Lipinski definition) is 6. The minimum absolute atomic E-state index is 0.285. The van der Waals surface area contributed by atoms with E-state index in [1.165, 1.54) is 9.13 Å². The second-order valence-electron chi connectivity index (χ2n) is 7.31. The summed E-state index contributed by atoms with van der Waals surface area (Å²) in [6.07, 6.45) is 0.766. The van der Waals surface area contributed by atoms with E-state index in [2.05, 4.69) is 23.9 Å². The van der Waals surface area contributed by atoms with E-state index in [0.29, 0.717) is 55.9 Å². The van der Waals surface area contributed by atoms with E-state index in [-0.39, 0.29) is 11.2 Å². The normalized spacial score (nSPS) is 14.1. The Labute approximate surface area is 157 Å². The lowest BCUT2D eigenvalue weighted by molar-refractivity contribution is 0.153. The summed E-state index contributed by atoms with van der Waals surface area (Å²) < 4.78 is 10.1. The average molecular weight is 376 g/mol. The zero-order chi connectivity index (χ0) is 19.7. The molecule has 0 spiro atoms. The Morgan fingerprint density at radius 2 is 1.96 bits per heavy atom. The fraction of sp³-hybridized carbons (Fsp3) is 0.667. The molecule has 0 aromatic carbocycles. The molecule has 3 heterocycles. The van der Waals surface area contributed by atoms with Gasteiger partial charge in [-0.3, -0.25) is 18.5 Å². The summed E-state index contributed by atoms with van der Waals surface area (Å²) in [4.78, 5) is 30.4. The van der Waals surface area contributed by atoms with Crippen LogP contribution < -0.4 is 16.3 Å². The molecule has 0 atom stereocenters. The van der Waals surface area contributed by atoms with Gasteiger partial charge in [0.2, 0.25) is 5.95 Å². The maximum Gasteiger partial charge on any atom is 0.332 e. The third-order valence-corrected chi connectivity index (χ3v) is 4.70. The fourth-order valence-electron chi connectivity index (χ4n) is 3.25. The highest BCUT2D eigenvalue weighted by Gasteiger charge is 2.26. The van der Waals surface area contributed by atoms with Crippen LogP contribution in [0, 0.1) is 5.92 Å². The van der Waals surface area contributed by atoms with Crippen molar-refractivity contribution in [1.29, 1.82) is 0 Å². The summed E-state index contributed by atoms with van der Waals surface area (Å²) >= 11 is 0. The Balaban J connectivity index is 2.14. The van der Waals surface area contributed by atoms with Crippen LogP contribution in [-0.2, 0) is 24.9 Å². The standard InChI is InChI=1S/C18H28N6O3/c1-6-27-10-9-24-17-19-15-14(23(17)11-13(4)20-24)16(25)22(8-7-12(2)3)18(26)21(15)5/h12H,6-11H2,1-5H3. The summed E-state index contributed by atoms with van der Waals surface area (Å²) in [7, 11) is 1.66. The predicted molar refractivity (Wildman–Crippen MR) is 106 cm³/mol. The van der Waals surface area contributed by atoms with Gasteiger partial charge in [-0.1, -0.05) is 13.8 Å². The minimum atomic E-state index is -0.331. The number of rotatable bonds is 7. The van der Waals surface area contributed by atoms with E-state index in [9.17, 15) is 9.59 Å². The SMILES string of the molecule is CCOCCN1N=C(C)Cn2c1nc1c2c(=O)n(CCC(C)C)c(=O)n1C. The van der Waals surface area contributed by atoms with Crippen molar-refractivity contribution in [3.05, 3.63) is 20.8 Å². The molecule has 0 saturated heterocycles. The van der Waals surface area contributed by atoms with Crippen LogP contribution in [0.1, 0.15) is 34.1 Å². The highest BCUT2D eigenvalue weighted by Crippen LogP contribution is 2.23. The van der Waals surface area contributed by atoms with Gasteiger partial charge in [-0.25, -0.2) is 9.80 Å². The Morgan fingerprint density at radius 1 is 1.22 bits per heavy atom. The quantitative estimate of drug-likeness (QED) is 0.677. The maximum atomic E-state index is 13.1. The first-order valence-corrected chi connectivity index (χ1v) is 9.44. The minimum Gasteiger partial charge on any atom is -0.380 e. The molecule has 27 heavy (non-hydrogen) atoms. The lowest BCUT2D eigenvalue weighted by Crippen LogP contribution is -2.40. The molecule has 9 nitrogen and oxygen atoms in total. The molecular formula is C18H28N6O3. The van der Waals surface area contributed by atoms with Crippen molar-refractivity contribution in [3.8, 4) is 0 Å². The largest absolute Gasteiger partial charge is 0.380 e. The van der Waals surface area contributed by atoms with E-state index >= 15 is 0 Å². The van der Waals surface area contributed by atoms with Gasteiger partial charge in [0.05, 0.1) is 25.4 Å². The number of hydrogen-bond donors (Lipinski definition) is 0. The van der Waals surface area contributed by atoms with Crippen LogP contribution in [-0.4, -0.2) is 44.2 Å². The van der Waals surface area contributed by atoms with Gasteiger partial charge in [0.15, 0.2) is 11.2 Å². The smallest absolute Gasteiger partial charge is 0.332 e. The van der Waals surface area contributed by atoms with Crippen LogP contribution in [0.4, 0.5) is 5.95 Å². The van der Waals surface area contributed by atoms with Gasteiger partial charge in [-0.15, -0.1) is 0 Å². The van der Waals surface area contributed by atoms with Crippen LogP contribution in [0.15, 0.2) is 14.7 Å². The number of ether oxygens (including phenoxy) is 1. The number of anilines is 1. The van der Waals surface area contributed by atoms with Gasteiger partial charge < -0.3 is 4.74 Å². The third kappa shape index (κ3) is 3.55. The Bertz CT molecular complexity index is 982. The highest BCUT2D eigenvalue weighted by atomic mass is 16.5. The molecule has 9 heteroatoms. The van der Waals surface area contributed by atoms with Crippen LogP contribution in [0.25, 0.3) is 11.2 Å². The zero-order valence-corrected chi connectivity index (χ0v) is 16.7. The monoisotopic (exact) mass is 376 g/mol. The van der Waals surface area contributed by atoms with Crippen molar-refractivity contribution < 1.29 is 4.74 Å². The van der Waals surface area contributed by atoms with E-state index in [0.717, 1.165) is 12.1 Å². The molecule has 2 aromatic heterocycles. The molecule has 2 aromatic rings. The second kappa shape index (κ2) is 7.67. The number of aromatic nitrogens is 4. The van der Waals surface area contributed by atoms with Crippen molar-refractivity contribution in [2.45, 2.75) is 47.2 Å². The van der Waals surface area contributed by atoms with Crippen LogP contribution >= 0.6 is 0 Å². The topological polar surface area (TPSA) is 86.7 Å². The van der Waals surface area contributed by atoms with Gasteiger partial charge in [-0.2, -0.15) is 10.1 Å². The van der Waals surface area contributed by atoms with E-state index in [1.807, 2.05) is 18.4 Å². The van der Waals surface area contributed by atoms with Gasteiger partial charge in [0, 0.05) is 20.2 Å². The first-order chi connectivity index (χ1) is 12.8. The Hall–Kier alpha value is -2.42. The fourth-order valence-corrected chi connectivity index (χ4v) is 3.25. The summed E-state index contributed by atoms with van der Waals surface area (Å²) in [5.41, 5.74) is 1.10. The van der Waals surface area contributed by atoms with Crippen LogP contribution in [0.3, 0.4) is 0 Å². The first kappa shape index (κ1) is 19.3. The third-order valence-electron chi connectivity index (χ3n) is 4.70. The molecule has 1 aliphatic heterocycles. The van der Waals surface area contributed by atoms with Gasteiger partial charge in [-0.05, 0) is 26.2 Å². The van der Waals surface area contributed by atoms with Gasteiger partial charge in [0.25, 0.3) is 5.56 Å². The molecule has 0 fully saturated rings. The lowest BCUT2D eigenvalue weighted by Gasteiger charge is -2.24. The average Bonchev–Trinajstić information content (AvgIpc) is 2.99. The molecule has 0 bridgehead atoms. The zero-order valence-electron chi connectivity index (χ0n) is 16.7. The molecule has 0 radical (unpaired) electrons. The summed E-state index contributed by atoms with van der Waals surface area (Å²) in [6, 6.07) is 0. The molecule has 0 saturated carbocycles. The van der Waals surface area contributed by atoms with E-state index in [4.69, 9.17) is 4.74 Å². The van der Waals surface area contributed by atoms with Crippen LogP contribution in [0.5, 0.6) is 0 Å².